The first-order chi connectivity index (χ1) is 9.60. The average Bonchev–Trinajstić information content (AvgIpc) is 2.33. The first kappa shape index (κ1) is 16.7. The maximum absolute atomic E-state index is 12.8. The van der Waals surface area contributed by atoms with Crippen molar-refractivity contribution in [1.29, 1.82) is 0 Å². The zero-order valence-electron chi connectivity index (χ0n) is 11.4. The fourth-order valence-corrected chi connectivity index (χ4v) is 2.58. The molecular weight excluding hydrogens is 305 g/mol. The monoisotopic (exact) mass is 317 g/mol. The number of nitrogens with zero attached hydrogens (tertiary/aromatic N) is 3. The van der Waals surface area contributed by atoms with Gasteiger partial charge in [-0.25, -0.2) is 4.79 Å². The van der Waals surface area contributed by atoms with E-state index in [1.165, 1.54) is 20.8 Å². The summed E-state index contributed by atoms with van der Waals surface area (Å²) in [6, 6.07) is 0. The summed E-state index contributed by atoms with van der Waals surface area (Å²) in [5.74, 6) is -1.74. The van der Waals surface area contributed by atoms with Crippen molar-refractivity contribution in [2.24, 2.45) is 5.11 Å². The standard InChI is InChI=1S/C11H12FN3O5S/c1-5-8(4-14-15-13)6(2)10(20-21(12,18)19)7(3)9(5)11(16)17/h4H2,1-3H3,(H,16,17). The number of benzene rings is 1. The second-order valence-electron chi connectivity index (χ2n) is 4.23. The van der Waals surface area contributed by atoms with Gasteiger partial charge in [0, 0.05) is 10.5 Å². The van der Waals surface area contributed by atoms with Crippen LogP contribution >= 0.6 is 0 Å². The molecule has 0 saturated heterocycles. The van der Waals surface area contributed by atoms with Crippen LogP contribution < -0.4 is 4.18 Å². The predicted octanol–water partition coefficient (Wildman–Crippen LogP) is 2.71. The number of azide groups is 1. The smallest absolute Gasteiger partial charge is 0.478 e. The molecule has 0 radical (unpaired) electrons. The minimum Gasteiger partial charge on any atom is -0.478 e. The average molecular weight is 317 g/mol. The molecule has 0 fully saturated rings. The van der Waals surface area contributed by atoms with Gasteiger partial charge >= 0.3 is 16.5 Å². The molecule has 1 rings (SSSR count). The van der Waals surface area contributed by atoms with Crippen molar-refractivity contribution >= 4 is 16.5 Å². The van der Waals surface area contributed by atoms with Gasteiger partial charge in [-0.2, -0.15) is 8.42 Å². The Morgan fingerprint density at radius 1 is 1.33 bits per heavy atom. The Kier molecular flexibility index (Phi) is 4.77. The van der Waals surface area contributed by atoms with Crippen LogP contribution in [0.25, 0.3) is 10.4 Å². The molecule has 0 atom stereocenters. The number of hydrogen-bond acceptors (Lipinski definition) is 5. The molecule has 0 amide bonds. The second kappa shape index (κ2) is 5.98. The number of aromatic carboxylic acids is 1. The lowest BCUT2D eigenvalue weighted by molar-refractivity contribution is 0.0694. The fourth-order valence-electron chi connectivity index (χ4n) is 2.13. The number of carboxylic acids is 1. The van der Waals surface area contributed by atoms with E-state index in [0.29, 0.717) is 5.56 Å². The Bertz CT molecular complexity index is 754. The van der Waals surface area contributed by atoms with Gasteiger partial charge in [0.25, 0.3) is 0 Å². The van der Waals surface area contributed by atoms with Crippen LogP contribution in [0.1, 0.15) is 32.6 Å². The zero-order valence-corrected chi connectivity index (χ0v) is 12.2. The van der Waals surface area contributed by atoms with E-state index in [1.54, 1.807) is 0 Å². The van der Waals surface area contributed by atoms with Crippen LogP contribution in [0, 0.1) is 20.8 Å². The molecule has 10 heteroatoms. The van der Waals surface area contributed by atoms with E-state index in [-0.39, 0.29) is 28.8 Å². The van der Waals surface area contributed by atoms with Crippen LogP contribution in [0.3, 0.4) is 0 Å². The highest BCUT2D eigenvalue weighted by molar-refractivity contribution is 7.81. The summed E-state index contributed by atoms with van der Waals surface area (Å²) in [5.41, 5.74) is 8.88. The molecule has 8 nitrogen and oxygen atoms in total. The quantitative estimate of drug-likeness (QED) is 0.386. The molecule has 0 unspecified atom stereocenters. The molecule has 0 aromatic heterocycles. The number of rotatable bonds is 5. The van der Waals surface area contributed by atoms with Crippen molar-refractivity contribution in [2.45, 2.75) is 27.3 Å². The largest absolute Gasteiger partial charge is 0.488 e. The van der Waals surface area contributed by atoms with Gasteiger partial charge in [-0.3, -0.25) is 0 Å². The van der Waals surface area contributed by atoms with Crippen molar-refractivity contribution in [3.63, 3.8) is 0 Å². The number of carbonyl (C=O) groups is 1. The van der Waals surface area contributed by atoms with Gasteiger partial charge in [0.1, 0.15) is 0 Å². The lowest BCUT2D eigenvalue weighted by Gasteiger charge is -2.18. The molecule has 0 aliphatic heterocycles. The molecule has 0 saturated carbocycles. The molecule has 1 aromatic rings. The number of carboxylic acid groups (broad SMARTS) is 1. The van der Waals surface area contributed by atoms with E-state index in [0.717, 1.165) is 0 Å². The van der Waals surface area contributed by atoms with E-state index in [2.05, 4.69) is 14.2 Å². The first-order valence-corrected chi connectivity index (χ1v) is 6.91. The van der Waals surface area contributed by atoms with E-state index in [4.69, 9.17) is 5.53 Å². The Balaban J connectivity index is 3.75. The van der Waals surface area contributed by atoms with E-state index < -0.39 is 22.2 Å². The Labute approximate surface area is 120 Å². The third-order valence-corrected chi connectivity index (χ3v) is 3.39. The highest BCUT2D eigenvalue weighted by Crippen LogP contribution is 2.34. The maximum Gasteiger partial charge on any atom is 0.488 e. The molecule has 0 aliphatic carbocycles. The van der Waals surface area contributed by atoms with Crippen molar-refractivity contribution < 1.29 is 26.4 Å². The van der Waals surface area contributed by atoms with Gasteiger partial charge < -0.3 is 9.29 Å². The van der Waals surface area contributed by atoms with Crippen molar-refractivity contribution in [3.05, 3.63) is 38.3 Å². The Morgan fingerprint density at radius 3 is 2.33 bits per heavy atom. The van der Waals surface area contributed by atoms with Crippen LogP contribution in [0.2, 0.25) is 0 Å². The molecule has 1 N–H and O–H groups in total. The highest BCUT2D eigenvalue weighted by atomic mass is 32.3. The first-order valence-electron chi connectivity index (χ1n) is 5.61. The summed E-state index contributed by atoms with van der Waals surface area (Å²) in [5, 5.41) is 12.5. The minimum absolute atomic E-state index is 0.0246. The topological polar surface area (TPSA) is 129 Å². The van der Waals surface area contributed by atoms with Crippen LogP contribution in [0.4, 0.5) is 3.89 Å². The summed E-state index contributed by atoms with van der Waals surface area (Å²) >= 11 is 0. The van der Waals surface area contributed by atoms with E-state index >= 15 is 0 Å². The van der Waals surface area contributed by atoms with Gasteiger partial charge in [-0.15, -0.1) is 0 Å². The fraction of sp³-hybridized carbons (Fsp3) is 0.364. The Hall–Kier alpha value is -2.32. The third kappa shape index (κ3) is 3.61. The summed E-state index contributed by atoms with van der Waals surface area (Å²) in [6.07, 6.45) is 0. The minimum atomic E-state index is -5.31. The summed E-state index contributed by atoms with van der Waals surface area (Å²) < 4.78 is 38.4. The molecule has 114 valence electrons. The maximum atomic E-state index is 12.8. The summed E-state index contributed by atoms with van der Waals surface area (Å²) in [6.45, 7) is 4.01. The van der Waals surface area contributed by atoms with Gasteiger partial charge in [-0.1, -0.05) is 9.00 Å². The van der Waals surface area contributed by atoms with E-state index in [1.807, 2.05) is 0 Å². The van der Waals surface area contributed by atoms with Gasteiger partial charge in [0.2, 0.25) is 0 Å². The molecule has 0 spiro atoms. The van der Waals surface area contributed by atoms with Gasteiger partial charge in [0.15, 0.2) is 5.75 Å². The van der Waals surface area contributed by atoms with Gasteiger partial charge in [0.05, 0.1) is 12.1 Å². The van der Waals surface area contributed by atoms with Crippen molar-refractivity contribution in [3.8, 4) is 5.75 Å². The van der Waals surface area contributed by atoms with Crippen molar-refractivity contribution in [2.75, 3.05) is 0 Å². The molecular formula is C11H12FN3O5S. The number of hydrogen-bond donors (Lipinski definition) is 1. The summed E-state index contributed by atoms with van der Waals surface area (Å²) in [7, 11) is -5.31. The van der Waals surface area contributed by atoms with Crippen LogP contribution in [-0.2, 0) is 17.0 Å². The number of halogens is 1. The third-order valence-electron chi connectivity index (χ3n) is 3.03. The van der Waals surface area contributed by atoms with Crippen LogP contribution in [0.5, 0.6) is 5.75 Å². The predicted molar refractivity (Wildman–Crippen MR) is 71.1 cm³/mol. The molecule has 0 aliphatic rings. The normalized spacial score (nSPS) is 10.9. The van der Waals surface area contributed by atoms with Crippen LogP contribution in [0.15, 0.2) is 5.11 Å². The highest BCUT2D eigenvalue weighted by Gasteiger charge is 2.24. The lowest BCUT2D eigenvalue weighted by atomic mass is 9.92. The SMILES string of the molecule is Cc1c(CN=[N+]=[N-])c(C)c(C(=O)O)c(C)c1OS(=O)(=O)F. The van der Waals surface area contributed by atoms with Crippen molar-refractivity contribution in [1.82, 2.24) is 0 Å². The molecule has 0 bridgehead atoms. The van der Waals surface area contributed by atoms with E-state index in [9.17, 15) is 22.2 Å². The van der Waals surface area contributed by atoms with Gasteiger partial charge in [-0.05, 0) is 43.0 Å². The van der Waals surface area contributed by atoms with Crippen LogP contribution in [-0.4, -0.2) is 19.5 Å². The second-order valence-corrected chi connectivity index (χ2v) is 5.18. The Morgan fingerprint density at radius 2 is 1.90 bits per heavy atom. The lowest BCUT2D eigenvalue weighted by Crippen LogP contribution is -2.12. The summed E-state index contributed by atoms with van der Waals surface area (Å²) in [4.78, 5) is 13.9. The molecule has 0 heterocycles. The molecule has 1 aromatic carbocycles. The molecule has 21 heavy (non-hydrogen) atoms. The zero-order chi connectivity index (χ0) is 16.4.